The first-order chi connectivity index (χ1) is 10.6. The molecule has 1 aromatic heterocycles. The van der Waals surface area contributed by atoms with E-state index in [-0.39, 0.29) is 5.91 Å². The zero-order valence-corrected chi connectivity index (χ0v) is 14.3. The van der Waals surface area contributed by atoms with Gasteiger partial charge in [-0.05, 0) is 43.7 Å². The summed E-state index contributed by atoms with van der Waals surface area (Å²) in [6.07, 6.45) is 3.24. The lowest BCUT2D eigenvalue weighted by Gasteiger charge is -2.48. The highest BCUT2D eigenvalue weighted by Gasteiger charge is 2.44. The maximum absolute atomic E-state index is 12.6. The fourth-order valence-electron chi connectivity index (χ4n) is 3.83. The molecule has 0 bridgehead atoms. The van der Waals surface area contributed by atoms with E-state index in [1.165, 1.54) is 4.88 Å². The van der Waals surface area contributed by atoms with E-state index in [4.69, 9.17) is 9.47 Å². The second-order valence-corrected chi connectivity index (χ2v) is 7.83. The maximum atomic E-state index is 12.6. The molecule has 0 saturated carbocycles. The molecule has 2 saturated heterocycles. The van der Waals surface area contributed by atoms with Crippen LogP contribution < -0.4 is 0 Å². The van der Waals surface area contributed by atoms with Gasteiger partial charge in [0, 0.05) is 37.6 Å². The van der Waals surface area contributed by atoms with E-state index in [0.717, 1.165) is 57.0 Å². The lowest BCUT2D eigenvalue weighted by atomic mass is 9.66. The number of aryl methyl sites for hydroxylation is 1. The second kappa shape index (κ2) is 6.69. The van der Waals surface area contributed by atoms with E-state index in [1.54, 1.807) is 18.4 Å². The van der Waals surface area contributed by atoms with Crippen LogP contribution in [-0.2, 0) is 9.47 Å². The van der Waals surface area contributed by atoms with Crippen LogP contribution in [0.3, 0.4) is 0 Å². The van der Waals surface area contributed by atoms with Gasteiger partial charge in [0.15, 0.2) is 0 Å². The topological polar surface area (TPSA) is 38.8 Å². The largest absolute Gasteiger partial charge is 0.384 e. The van der Waals surface area contributed by atoms with Crippen LogP contribution in [0.5, 0.6) is 0 Å². The standard InChI is InChI=1S/C17H25NO3S/c1-13-3-4-15(22-13)16(19)18-8-5-17(6-9-18)7-10-21-12-14(17)11-20-2/h3-4,14H,5-12H2,1-2H3/t14-/m1/s1. The van der Waals surface area contributed by atoms with Gasteiger partial charge in [-0.1, -0.05) is 0 Å². The Hall–Kier alpha value is -0.910. The van der Waals surface area contributed by atoms with Crippen LogP contribution in [0.4, 0.5) is 0 Å². The molecule has 5 heteroatoms. The number of carbonyl (C=O) groups is 1. The van der Waals surface area contributed by atoms with Crippen LogP contribution >= 0.6 is 11.3 Å². The number of hydrogen-bond donors (Lipinski definition) is 0. The summed E-state index contributed by atoms with van der Waals surface area (Å²) in [7, 11) is 1.76. The maximum Gasteiger partial charge on any atom is 0.263 e. The first-order valence-corrected chi connectivity index (χ1v) is 8.89. The summed E-state index contributed by atoms with van der Waals surface area (Å²) in [5.74, 6) is 0.663. The van der Waals surface area contributed by atoms with Crippen molar-refractivity contribution in [3.63, 3.8) is 0 Å². The molecule has 22 heavy (non-hydrogen) atoms. The number of amides is 1. The van der Waals surface area contributed by atoms with E-state index in [2.05, 4.69) is 0 Å². The molecule has 122 valence electrons. The molecule has 1 aromatic rings. The smallest absolute Gasteiger partial charge is 0.263 e. The molecule has 1 spiro atoms. The lowest BCUT2D eigenvalue weighted by Crippen LogP contribution is -2.50. The number of hydrogen-bond acceptors (Lipinski definition) is 4. The van der Waals surface area contributed by atoms with Crippen molar-refractivity contribution in [3.05, 3.63) is 21.9 Å². The molecule has 1 amide bonds. The Balaban J connectivity index is 1.65. The molecule has 0 unspecified atom stereocenters. The summed E-state index contributed by atoms with van der Waals surface area (Å²) in [4.78, 5) is 16.7. The molecule has 0 N–H and O–H groups in total. The first-order valence-electron chi connectivity index (χ1n) is 8.07. The number of thiophene rings is 1. The predicted octanol–water partition coefficient (Wildman–Crippen LogP) is 2.96. The summed E-state index contributed by atoms with van der Waals surface area (Å²) < 4.78 is 11.0. The summed E-state index contributed by atoms with van der Waals surface area (Å²) in [6, 6.07) is 3.98. The third-order valence-corrected chi connectivity index (χ3v) is 6.28. The first kappa shape index (κ1) is 16.0. The number of likely N-dealkylation sites (tertiary alicyclic amines) is 1. The van der Waals surface area contributed by atoms with Gasteiger partial charge in [-0.25, -0.2) is 0 Å². The van der Waals surface area contributed by atoms with Crippen molar-refractivity contribution in [2.24, 2.45) is 11.3 Å². The van der Waals surface area contributed by atoms with Crippen molar-refractivity contribution in [1.29, 1.82) is 0 Å². The van der Waals surface area contributed by atoms with Crippen LogP contribution in [0.2, 0.25) is 0 Å². The lowest BCUT2D eigenvalue weighted by molar-refractivity contribution is -0.0912. The van der Waals surface area contributed by atoms with Crippen LogP contribution in [-0.4, -0.2) is 50.8 Å². The average molecular weight is 323 g/mol. The monoisotopic (exact) mass is 323 g/mol. The van der Waals surface area contributed by atoms with Crippen molar-refractivity contribution < 1.29 is 14.3 Å². The van der Waals surface area contributed by atoms with Gasteiger partial charge in [0.2, 0.25) is 0 Å². The molecule has 4 nitrogen and oxygen atoms in total. The molecule has 1 atom stereocenters. The molecule has 0 aromatic carbocycles. The average Bonchev–Trinajstić information content (AvgIpc) is 2.97. The van der Waals surface area contributed by atoms with Crippen molar-refractivity contribution >= 4 is 17.2 Å². The molecular formula is C17H25NO3S. The second-order valence-electron chi connectivity index (χ2n) is 6.54. The van der Waals surface area contributed by atoms with Gasteiger partial charge in [-0.2, -0.15) is 0 Å². The minimum absolute atomic E-state index is 0.198. The zero-order valence-electron chi connectivity index (χ0n) is 13.5. The summed E-state index contributed by atoms with van der Waals surface area (Å²) in [5.41, 5.74) is 0.302. The van der Waals surface area contributed by atoms with Crippen molar-refractivity contribution in [3.8, 4) is 0 Å². The minimum atomic E-state index is 0.198. The molecule has 0 radical (unpaired) electrons. The SMILES string of the molecule is COC[C@@H]1COCCC12CCN(C(=O)c1ccc(C)s1)CC2. The summed E-state index contributed by atoms with van der Waals surface area (Å²) in [6.45, 7) is 6.16. The number of methoxy groups -OCH3 is 1. The Morgan fingerprint density at radius 2 is 2.18 bits per heavy atom. The molecule has 2 fully saturated rings. The molecule has 3 rings (SSSR count). The minimum Gasteiger partial charge on any atom is -0.384 e. The molecule has 2 aliphatic heterocycles. The highest BCUT2D eigenvalue weighted by atomic mass is 32.1. The third-order valence-electron chi connectivity index (χ3n) is 5.29. The van der Waals surface area contributed by atoms with Gasteiger partial charge < -0.3 is 14.4 Å². The van der Waals surface area contributed by atoms with Crippen molar-refractivity contribution in [2.45, 2.75) is 26.2 Å². The Kier molecular flexibility index (Phi) is 4.85. The van der Waals surface area contributed by atoms with Gasteiger partial charge in [0.25, 0.3) is 5.91 Å². The van der Waals surface area contributed by atoms with E-state index in [0.29, 0.717) is 11.3 Å². The highest BCUT2D eigenvalue weighted by Crippen LogP contribution is 2.45. The third kappa shape index (κ3) is 3.07. The Morgan fingerprint density at radius 3 is 2.82 bits per heavy atom. The zero-order chi connectivity index (χ0) is 15.6. The number of nitrogens with zero attached hydrogens (tertiary/aromatic N) is 1. The molecule has 3 heterocycles. The highest BCUT2D eigenvalue weighted by molar-refractivity contribution is 7.13. The van der Waals surface area contributed by atoms with E-state index < -0.39 is 0 Å². The van der Waals surface area contributed by atoms with E-state index >= 15 is 0 Å². The van der Waals surface area contributed by atoms with Crippen molar-refractivity contribution in [1.82, 2.24) is 4.90 Å². The fraction of sp³-hybridized carbons (Fsp3) is 0.706. The van der Waals surface area contributed by atoms with Crippen LogP contribution in [0.1, 0.15) is 33.8 Å². The quantitative estimate of drug-likeness (QED) is 0.858. The van der Waals surface area contributed by atoms with Crippen molar-refractivity contribution in [2.75, 3.05) is 40.0 Å². The number of piperidine rings is 1. The van der Waals surface area contributed by atoms with Crippen LogP contribution in [0.25, 0.3) is 0 Å². The van der Waals surface area contributed by atoms with E-state index in [9.17, 15) is 4.79 Å². The molecule has 0 aliphatic carbocycles. The summed E-state index contributed by atoms with van der Waals surface area (Å²) >= 11 is 1.59. The Labute approximate surface area is 136 Å². The normalized spacial score (nSPS) is 24.6. The predicted molar refractivity (Wildman–Crippen MR) is 87.4 cm³/mol. The van der Waals surface area contributed by atoms with Crippen LogP contribution in [0, 0.1) is 18.3 Å². The molecule has 2 aliphatic rings. The number of ether oxygens (including phenoxy) is 2. The van der Waals surface area contributed by atoms with Gasteiger partial charge >= 0.3 is 0 Å². The molecular weight excluding hydrogens is 298 g/mol. The van der Waals surface area contributed by atoms with Gasteiger partial charge in [0.05, 0.1) is 18.1 Å². The number of carbonyl (C=O) groups excluding carboxylic acids is 1. The Bertz CT molecular complexity index is 518. The fourth-order valence-corrected chi connectivity index (χ4v) is 4.66. The summed E-state index contributed by atoms with van der Waals surface area (Å²) in [5, 5.41) is 0. The van der Waals surface area contributed by atoms with E-state index in [1.807, 2.05) is 24.0 Å². The van der Waals surface area contributed by atoms with Crippen LogP contribution in [0.15, 0.2) is 12.1 Å². The van der Waals surface area contributed by atoms with Gasteiger partial charge in [-0.3, -0.25) is 4.79 Å². The van der Waals surface area contributed by atoms with Gasteiger partial charge in [-0.15, -0.1) is 11.3 Å². The number of rotatable bonds is 3. The Morgan fingerprint density at radius 1 is 1.41 bits per heavy atom. The van der Waals surface area contributed by atoms with Gasteiger partial charge in [0.1, 0.15) is 0 Å².